The Balaban J connectivity index is 1.30. The molecule has 520 valence electrons. The van der Waals surface area contributed by atoms with Gasteiger partial charge in [0, 0.05) is 6.42 Å². The van der Waals surface area contributed by atoms with E-state index in [1.54, 1.807) is 6.08 Å². The maximum Gasteiger partial charge on any atom is 0.220 e. The van der Waals surface area contributed by atoms with E-state index in [4.69, 9.17) is 28.4 Å². The number of aliphatic hydroxyl groups excluding tert-OH is 11. The Labute approximate surface area is 535 Å². The van der Waals surface area contributed by atoms with Gasteiger partial charge in [0.15, 0.2) is 18.9 Å². The van der Waals surface area contributed by atoms with Crippen molar-refractivity contribution in [1.29, 1.82) is 0 Å². The Bertz CT molecular complexity index is 1800. The van der Waals surface area contributed by atoms with E-state index in [1.165, 1.54) is 173 Å². The summed E-state index contributed by atoms with van der Waals surface area (Å²) in [6.07, 6.45) is 35.7. The Morgan fingerprint density at radius 1 is 0.404 bits per heavy atom. The van der Waals surface area contributed by atoms with Crippen molar-refractivity contribution >= 4 is 5.91 Å². The monoisotopic (exact) mass is 1270 g/mol. The molecule has 17 atom stereocenters. The van der Waals surface area contributed by atoms with Gasteiger partial charge in [0.2, 0.25) is 5.91 Å². The van der Waals surface area contributed by atoms with E-state index in [2.05, 4.69) is 55.6 Å². The van der Waals surface area contributed by atoms with Gasteiger partial charge in [0.05, 0.1) is 38.6 Å². The van der Waals surface area contributed by atoms with Crippen molar-refractivity contribution in [3.8, 4) is 0 Å². The van der Waals surface area contributed by atoms with Gasteiger partial charge in [-0.25, -0.2) is 0 Å². The number of rotatable bonds is 54. The van der Waals surface area contributed by atoms with Gasteiger partial charge in [-0.1, -0.05) is 242 Å². The third kappa shape index (κ3) is 34.1. The molecular weight excluding hydrogens is 1140 g/mol. The highest BCUT2D eigenvalue weighted by molar-refractivity contribution is 5.76. The van der Waals surface area contributed by atoms with Gasteiger partial charge >= 0.3 is 0 Å². The molecule has 0 aliphatic carbocycles. The van der Waals surface area contributed by atoms with Crippen molar-refractivity contribution in [2.75, 3.05) is 26.4 Å². The molecule has 19 heteroatoms. The standard InChI is InChI=1S/C70H127NO18/c1-3-5-7-9-11-13-14-15-16-17-18-19-20-21-22-23-24-25-26-27-28-29-30-31-32-33-34-35-36-37-38-40-42-44-46-48-58(76)71-53(54(75)47-45-43-41-39-12-10-8-6-4-2)52-84-68-64(82)61(79)66(56(50-73)86-68)89-70-65(83)62(80)67(57(51-74)87-70)88-69-63(81)60(78)59(77)55(49-72)85-69/h14-15,17-18,20-21,45,47,53-57,59-70,72-75,77-83H,3-13,16,19,22-44,46,48-52H2,1-2H3,(H,71,76)/b15-14-,18-17-,21-20-,47-45+. The molecule has 3 aliphatic rings. The van der Waals surface area contributed by atoms with E-state index >= 15 is 0 Å². The summed E-state index contributed by atoms with van der Waals surface area (Å²) in [6, 6.07) is -0.970. The average Bonchev–Trinajstić information content (AvgIpc) is 1.40. The highest BCUT2D eigenvalue weighted by atomic mass is 16.8. The van der Waals surface area contributed by atoms with Gasteiger partial charge in [0.1, 0.15) is 73.2 Å². The number of carbonyl (C=O) groups is 1. The molecule has 3 saturated heterocycles. The normalized spacial score (nSPS) is 28.5. The predicted molar refractivity (Wildman–Crippen MR) is 346 cm³/mol. The molecule has 3 heterocycles. The van der Waals surface area contributed by atoms with Crippen LogP contribution in [0, 0.1) is 0 Å². The van der Waals surface area contributed by atoms with Gasteiger partial charge in [0.25, 0.3) is 0 Å². The van der Waals surface area contributed by atoms with E-state index in [1.807, 2.05) is 6.08 Å². The second kappa shape index (κ2) is 52.1. The Morgan fingerprint density at radius 2 is 0.742 bits per heavy atom. The van der Waals surface area contributed by atoms with Gasteiger partial charge in [-0.2, -0.15) is 0 Å². The fourth-order valence-corrected chi connectivity index (χ4v) is 11.8. The summed E-state index contributed by atoms with van der Waals surface area (Å²) in [7, 11) is 0. The van der Waals surface area contributed by atoms with E-state index in [0.717, 1.165) is 57.8 Å². The molecular formula is C70H127NO18. The number of unbranched alkanes of at least 4 members (excludes halogenated alkanes) is 32. The molecule has 3 fully saturated rings. The van der Waals surface area contributed by atoms with Crippen molar-refractivity contribution in [2.45, 2.75) is 362 Å². The molecule has 19 nitrogen and oxygen atoms in total. The molecule has 17 unspecified atom stereocenters. The van der Waals surface area contributed by atoms with Gasteiger partial charge in [-0.15, -0.1) is 0 Å². The van der Waals surface area contributed by atoms with Gasteiger partial charge in [-0.05, 0) is 57.8 Å². The zero-order valence-corrected chi connectivity index (χ0v) is 54.9. The largest absolute Gasteiger partial charge is 0.394 e. The van der Waals surface area contributed by atoms with Crippen LogP contribution < -0.4 is 5.32 Å². The zero-order valence-electron chi connectivity index (χ0n) is 54.9. The maximum atomic E-state index is 13.3. The quantitative estimate of drug-likeness (QED) is 0.0199. The minimum absolute atomic E-state index is 0.245. The smallest absolute Gasteiger partial charge is 0.220 e. The molecule has 0 aromatic carbocycles. The summed E-state index contributed by atoms with van der Waals surface area (Å²) in [5.74, 6) is -0.276. The molecule has 12 N–H and O–H groups in total. The number of nitrogens with one attached hydrogen (secondary N) is 1. The lowest BCUT2D eigenvalue weighted by Gasteiger charge is -2.48. The van der Waals surface area contributed by atoms with E-state index in [9.17, 15) is 61.0 Å². The molecule has 1 amide bonds. The second-order valence-electron chi connectivity index (χ2n) is 25.3. The first-order valence-corrected chi connectivity index (χ1v) is 35.4. The van der Waals surface area contributed by atoms with Gasteiger partial charge < -0.3 is 89.9 Å². The first-order chi connectivity index (χ1) is 43.3. The summed E-state index contributed by atoms with van der Waals surface area (Å²) in [5, 5.41) is 120. The van der Waals surface area contributed by atoms with Crippen LogP contribution in [0.3, 0.4) is 0 Å². The average molecular weight is 1270 g/mol. The Kier molecular flexibility index (Phi) is 47.4. The lowest BCUT2D eigenvalue weighted by molar-refractivity contribution is -0.379. The Hall–Kier alpha value is -2.25. The molecule has 0 radical (unpaired) electrons. The summed E-state index contributed by atoms with van der Waals surface area (Å²) in [4.78, 5) is 13.3. The third-order valence-corrected chi connectivity index (χ3v) is 17.6. The van der Waals surface area contributed by atoms with Crippen LogP contribution >= 0.6 is 0 Å². The highest BCUT2D eigenvalue weighted by Gasteiger charge is 2.53. The number of carbonyl (C=O) groups excluding carboxylic acids is 1. The number of hydrogen-bond donors (Lipinski definition) is 12. The van der Waals surface area contributed by atoms with Crippen LogP contribution in [-0.4, -0.2) is 193 Å². The molecule has 3 rings (SSSR count). The number of allylic oxidation sites excluding steroid dienone is 7. The van der Waals surface area contributed by atoms with Crippen LogP contribution in [-0.2, 0) is 33.2 Å². The SMILES string of the molecule is CCCCCCC/C=C\C/C=C\C/C=C\CCCCCCCCCCCCCCCCCCCCCCC(=O)NC(COC1OC(CO)C(OC2OC(CO)C(OC3OC(CO)C(O)C(O)C3O)C(O)C2O)C(O)C1O)C(O)/C=C/CCCCCCCCC. The van der Waals surface area contributed by atoms with Crippen molar-refractivity contribution in [1.82, 2.24) is 5.32 Å². The third-order valence-electron chi connectivity index (χ3n) is 17.6. The minimum Gasteiger partial charge on any atom is -0.394 e. The van der Waals surface area contributed by atoms with Crippen molar-refractivity contribution in [3.05, 3.63) is 48.6 Å². The number of aliphatic hydroxyl groups is 11. The minimum atomic E-state index is -1.98. The number of ether oxygens (including phenoxy) is 6. The fourth-order valence-electron chi connectivity index (χ4n) is 11.8. The zero-order chi connectivity index (χ0) is 64.7. The molecule has 0 saturated carbocycles. The maximum absolute atomic E-state index is 13.3. The van der Waals surface area contributed by atoms with E-state index in [0.29, 0.717) is 6.42 Å². The van der Waals surface area contributed by atoms with Crippen molar-refractivity contribution in [2.24, 2.45) is 0 Å². The summed E-state index contributed by atoms with van der Waals surface area (Å²) < 4.78 is 34.2. The summed E-state index contributed by atoms with van der Waals surface area (Å²) in [5.41, 5.74) is 0. The van der Waals surface area contributed by atoms with Crippen LogP contribution in [0.25, 0.3) is 0 Å². The van der Waals surface area contributed by atoms with Crippen LogP contribution in [0.1, 0.15) is 258 Å². The fraction of sp³-hybridized carbons (Fsp3) is 0.871. The molecule has 89 heavy (non-hydrogen) atoms. The van der Waals surface area contributed by atoms with Gasteiger partial charge in [-0.3, -0.25) is 4.79 Å². The highest BCUT2D eigenvalue weighted by Crippen LogP contribution is 2.33. The van der Waals surface area contributed by atoms with Crippen LogP contribution in [0.15, 0.2) is 48.6 Å². The lowest BCUT2D eigenvalue weighted by Crippen LogP contribution is -2.66. The molecule has 3 aliphatic heterocycles. The molecule has 0 spiro atoms. The Morgan fingerprint density at radius 3 is 1.16 bits per heavy atom. The van der Waals surface area contributed by atoms with Crippen molar-refractivity contribution < 1.29 is 89.4 Å². The lowest BCUT2D eigenvalue weighted by atomic mass is 9.96. The van der Waals surface area contributed by atoms with Crippen molar-refractivity contribution in [3.63, 3.8) is 0 Å². The van der Waals surface area contributed by atoms with E-state index in [-0.39, 0.29) is 18.9 Å². The number of hydrogen-bond acceptors (Lipinski definition) is 18. The topological polar surface area (TPSA) is 307 Å². The predicted octanol–water partition coefficient (Wildman–Crippen LogP) is 9.39. The first-order valence-electron chi connectivity index (χ1n) is 35.4. The molecule has 0 aromatic rings. The summed E-state index contributed by atoms with van der Waals surface area (Å²) >= 11 is 0. The van der Waals surface area contributed by atoms with E-state index < -0.39 is 124 Å². The van der Waals surface area contributed by atoms with Crippen LogP contribution in [0.2, 0.25) is 0 Å². The molecule has 0 aromatic heterocycles. The number of amides is 1. The second-order valence-corrected chi connectivity index (χ2v) is 25.3. The van der Waals surface area contributed by atoms with Crippen LogP contribution in [0.4, 0.5) is 0 Å². The summed E-state index contributed by atoms with van der Waals surface area (Å²) in [6.45, 7) is 1.68. The first kappa shape index (κ1) is 81.0. The molecule has 0 bridgehead atoms. The van der Waals surface area contributed by atoms with Crippen LogP contribution in [0.5, 0.6) is 0 Å².